The van der Waals surface area contributed by atoms with E-state index < -0.39 is 0 Å². The van der Waals surface area contributed by atoms with E-state index in [2.05, 4.69) is 12.2 Å². The molecular formula is C13H25NO. The topological polar surface area (TPSA) is 21.3 Å². The van der Waals surface area contributed by atoms with E-state index in [0.717, 1.165) is 25.6 Å². The van der Waals surface area contributed by atoms with Crippen molar-refractivity contribution < 1.29 is 4.74 Å². The first-order chi connectivity index (χ1) is 7.35. The lowest BCUT2D eigenvalue weighted by atomic mass is 9.84. The van der Waals surface area contributed by atoms with E-state index in [0.29, 0.717) is 0 Å². The molecule has 0 radical (unpaired) electrons. The molecule has 0 aromatic heterocycles. The van der Waals surface area contributed by atoms with Gasteiger partial charge in [-0.15, -0.1) is 0 Å². The van der Waals surface area contributed by atoms with Gasteiger partial charge in [0.1, 0.15) is 0 Å². The highest BCUT2D eigenvalue weighted by molar-refractivity contribution is 4.87. The van der Waals surface area contributed by atoms with Gasteiger partial charge in [-0.3, -0.25) is 0 Å². The van der Waals surface area contributed by atoms with E-state index in [-0.39, 0.29) is 5.60 Å². The zero-order chi connectivity index (χ0) is 10.6. The zero-order valence-corrected chi connectivity index (χ0v) is 10.1. The van der Waals surface area contributed by atoms with Crippen LogP contribution in [0.25, 0.3) is 0 Å². The van der Waals surface area contributed by atoms with Crippen molar-refractivity contribution in [2.24, 2.45) is 5.92 Å². The normalized spacial score (nSPS) is 25.4. The van der Waals surface area contributed by atoms with E-state index in [1.54, 1.807) is 0 Å². The van der Waals surface area contributed by atoms with Crippen molar-refractivity contribution in [1.29, 1.82) is 0 Å². The summed E-state index contributed by atoms with van der Waals surface area (Å²) < 4.78 is 6.23. The molecule has 0 saturated heterocycles. The molecule has 0 amide bonds. The van der Waals surface area contributed by atoms with Gasteiger partial charge in [-0.25, -0.2) is 0 Å². The Morgan fingerprint density at radius 1 is 1.20 bits per heavy atom. The van der Waals surface area contributed by atoms with Crippen LogP contribution in [0.3, 0.4) is 0 Å². The predicted octanol–water partition coefficient (Wildman–Crippen LogP) is 2.73. The molecule has 2 rings (SSSR count). The first kappa shape index (κ1) is 11.4. The van der Waals surface area contributed by atoms with Gasteiger partial charge in [-0.1, -0.05) is 26.2 Å². The molecule has 0 spiro atoms. The van der Waals surface area contributed by atoms with Gasteiger partial charge in [0.2, 0.25) is 0 Å². The van der Waals surface area contributed by atoms with Crippen LogP contribution in [0.15, 0.2) is 0 Å². The summed E-state index contributed by atoms with van der Waals surface area (Å²) in [5.41, 5.74) is 0.191. The van der Waals surface area contributed by atoms with Crippen molar-refractivity contribution in [2.45, 2.75) is 57.5 Å². The van der Waals surface area contributed by atoms with Crippen LogP contribution in [0.4, 0.5) is 0 Å². The Kier molecular flexibility index (Phi) is 4.04. The summed E-state index contributed by atoms with van der Waals surface area (Å²) in [6.07, 6.45) is 9.46. The number of hydrogen-bond donors (Lipinski definition) is 1. The molecule has 2 aliphatic rings. The van der Waals surface area contributed by atoms with Gasteiger partial charge < -0.3 is 10.1 Å². The lowest BCUT2D eigenvalue weighted by molar-refractivity contribution is -0.0724. The number of ether oxygens (including phenoxy) is 1. The van der Waals surface area contributed by atoms with Gasteiger partial charge in [0.25, 0.3) is 0 Å². The minimum Gasteiger partial charge on any atom is -0.373 e. The molecule has 0 unspecified atom stereocenters. The molecule has 15 heavy (non-hydrogen) atoms. The fraction of sp³-hybridized carbons (Fsp3) is 1.00. The molecule has 0 aromatic carbocycles. The quantitative estimate of drug-likeness (QED) is 0.729. The van der Waals surface area contributed by atoms with Crippen LogP contribution in [0, 0.1) is 5.92 Å². The number of likely N-dealkylation sites (N-methyl/N-ethyl adjacent to an activating group) is 1. The molecule has 2 heteroatoms. The van der Waals surface area contributed by atoms with Crippen LogP contribution in [0.5, 0.6) is 0 Å². The van der Waals surface area contributed by atoms with E-state index in [4.69, 9.17) is 4.74 Å². The summed E-state index contributed by atoms with van der Waals surface area (Å²) in [6.45, 7) is 5.33. The van der Waals surface area contributed by atoms with Crippen molar-refractivity contribution in [3.63, 3.8) is 0 Å². The number of nitrogens with one attached hydrogen (secondary N) is 1. The SMILES string of the molecule is CCNCC1(OCC2CC2)CCCCC1. The van der Waals surface area contributed by atoms with Crippen molar-refractivity contribution in [3.8, 4) is 0 Å². The molecule has 0 bridgehead atoms. The minimum atomic E-state index is 0.191. The maximum Gasteiger partial charge on any atom is 0.0806 e. The van der Waals surface area contributed by atoms with Gasteiger partial charge in [0, 0.05) is 6.54 Å². The highest BCUT2D eigenvalue weighted by Gasteiger charge is 2.34. The van der Waals surface area contributed by atoms with Crippen LogP contribution >= 0.6 is 0 Å². The molecule has 2 aliphatic carbocycles. The van der Waals surface area contributed by atoms with Crippen molar-refractivity contribution in [2.75, 3.05) is 19.7 Å². The average Bonchev–Trinajstić information content (AvgIpc) is 3.09. The minimum absolute atomic E-state index is 0.191. The van der Waals surface area contributed by atoms with Crippen molar-refractivity contribution in [1.82, 2.24) is 5.32 Å². The Hall–Kier alpha value is -0.0800. The highest BCUT2D eigenvalue weighted by Crippen LogP contribution is 2.35. The van der Waals surface area contributed by atoms with Crippen LogP contribution in [-0.2, 0) is 4.74 Å². The molecule has 0 heterocycles. The Morgan fingerprint density at radius 3 is 2.53 bits per heavy atom. The van der Waals surface area contributed by atoms with E-state index in [1.165, 1.54) is 44.9 Å². The van der Waals surface area contributed by atoms with Crippen LogP contribution in [-0.4, -0.2) is 25.3 Å². The summed E-state index contributed by atoms with van der Waals surface area (Å²) in [7, 11) is 0. The second kappa shape index (κ2) is 5.31. The molecule has 88 valence electrons. The average molecular weight is 211 g/mol. The van der Waals surface area contributed by atoms with E-state index >= 15 is 0 Å². The molecule has 1 N–H and O–H groups in total. The maximum atomic E-state index is 6.23. The Morgan fingerprint density at radius 2 is 1.93 bits per heavy atom. The summed E-state index contributed by atoms with van der Waals surface area (Å²) in [6, 6.07) is 0. The van der Waals surface area contributed by atoms with E-state index in [9.17, 15) is 0 Å². The molecule has 2 saturated carbocycles. The highest BCUT2D eigenvalue weighted by atomic mass is 16.5. The fourth-order valence-electron chi connectivity index (χ4n) is 2.50. The largest absolute Gasteiger partial charge is 0.373 e. The van der Waals surface area contributed by atoms with Gasteiger partial charge in [-0.2, -0.15) is 0 Å². The van der Waals surface area contributed by atoms with Crippen molar-refractivity contribution >= 4 is 0 Å². The van der Waals surface area contributed by atoms with Crippen LogP contribution in [0.1, 0.15) is 51.9 Å². The zero-order valence-electron chi connectivity index (χ0n) is 10.1. The maximum absolute atomic E-state index is 6.23. The van der Waals surface area contributed by atoms with Crippen LogP contribution < -0.4 is 5.32 Å². The monoisotopic (exact) mass is 211 g/mol. The molecule has 0 atom stereocenters. The van der Waals surface area contributed by atoms with Gasteiger partial charge >= 0.3 is 0 Å². The molecule has 2 nitrogen and oxygen atoms in total. The summed E-state index contributed by atoms with van der Waals surface area (Å²) in [4.78, 5) is 0. The molecule has 0 aliphatic heterocycles. The Bertz CT molecular complexity index is 183. The lowest BCUT2D eigenvalue weighted by Gasteiger charge is -2.37. The van der Waals surface area contributed by atoms with Crippen molar-refractivity contribution in [3.05, 3.63) is 0 Å². The smallest absolute Gasteiger partial charge is 0.0806 e. The first-order valence-electron chi connectivity index (χ1n) is 6.69. The molecule has 2 fully saturated rings. The van der Waals surface area contributed by atoms with E-state index in [1.807, 2.05) is 0 Å². The number of hydrogen-bond acceptors (Lipinski definition) is 2. The van der Waals surface area contributed by atoms with Gasteiger partial charge in [0.05, 0.1) is 12.2 Å². The molecule has 0 aromatic rings. The third-order valence-electron chi connectivity index (χ3n) is 3.78. The van der Waals surface area contributed by atoms with Crippen LogP contribution in [0.2, 0.25) is 0 Å². The molecular weight excluding hydrogens is 186 g/mol. The Balaban J connectivity index is 1.80. The third kappa shape index (κ3) is 3.46. The standard InChI is InChI=1S/C13H25NO/c1-2-14-11-13(8-4-3-5-9-13)15-10-12-6-7-12/h12,14H,2-11H2,1H3. The number of rotatable bonds is 6. The second-order valence-corrected chi connectivity index (χ2v) is 5.28. The van der Waals surface area contributed by atoms with Gasteiger partial charge in [-0.05, 0) is 38.1 Å². The summed E-state index contributed by atoms with van der Waals surface area (Å²) in [5.74, 6) is 0.894. The summed E-state index contributed by atoms with van der Waals surface area (Å²) >= 11 is 0. The Labute approximate surface area is 93.8 Å². The lowest BCUT2D eigenvalue weighted by Crippen LogP contribution is -2.45. The van der Waals surface area contributed by atoms with Gasteiger partial charge in [0.15, 0.2) is 0 Å². The second-order valence-electron chi connectivity index (χ2n) is 5.28. The first-order valence-corrected chi connectivity index (χ1v) is 6.69. The predicted molar refractivity (Wildman–Crippen MR) is 63.0 cm³/mol. The third-order valence-corrected chi connectivity index (χ3v) is 3.78. The summed E-state index contributed by atoms with van der Waals surface area (Å²) in [5, 5.41) is 3.48. The fourth-order valence-corrected chi connectivity index (χ4v) is 2.50.